The molecule has 0 radical (unpaired) electrons. The third-order valence-electron chi connectivity index (χ3n) is 4.85. The number of carbonyl (C=O) groups excluding carboxylic acids is 1. The molecule has 1 aliphatic carbocycles. The van der Waals surface area contributed by atoms with Gasteiger partial charge in [-0.25, -0.2) is 4.39 Å². The monoisotopic (exact) mass is 375 g/mol. The van der Waals surface area contributed by atoms with Gasteiger partial charge in [-0.1, -0.05) is 36.9 Å². The molecule has 0 spiro atoms. The van der Waals surface area contributed by atoms with Gasteiger partial charge >= 0.3 is 0 Å². The highest BCUT2D eigenvalue weighted by Crippen LogP contribution is 2.38. The third kappa shape index (κ3) is 4.76. The molecule has 1 aliphatic rings. The fraction of sp³-hybridized carbons (Fsp3) is 0.381. The molecule has 0 aromatic heterocycles. The summed E-state index contributed by atoms with van der Waals surface area (Å²) in [7, 11) is 0. The first-order valence-electron chi connectivity index (χ1n) is 9.01. The third-order valence-corrected chi connectivity index (χ3v) is 5.08. The Morgan fingerprint density at radius 2 is 1.96 bits per heavy atom. The van der Waals surface area contributed by atoms with E-state index in [1.165, 1.54) is 31.4 Å². The van der Waals surface area contributed by atoms with Crippen LogP contribution in [0, 0.1) is 12.7 Å². The number of halogens is 2. The molecule has 2 aromatic carbocycles. The lowest BCUT2D eigenvalue weighted by atomic mass is 9.84. The van der Waals surface area contributed by atoms with Crippen LogP contribution in [-0.2, 0) is 4.79 Å². The molecule has 0 atom stereocenters. The molecule has 3 rings (SSSR count). The number of anilines is 1. The zero-order valence-corrected chi connectivity index (χ0v) is 15.6. The summed E-state index contributed by atoms with van der Waals surface area (Å²) in [5.74, 6) is 0.422. The first kappa shape index (κ1) is 18.7. The van der Waals surface area contributed by atoms with Crippen LogP contribution in [0.15, 0.2) is 36.4 Å². The summed E-state index contributed by atoms with van der Waals surface area (Å²) in [6.45, 7) is 1.69. The van der Waals surface area contributed by atoms with E-state index in [9.17, 15) is 9.18 Å². The lowest BCUT2D eigenvalue weighted by Crippen LogP contribution is -2.21. The first-order valence-corrected chi connectivity index (χ1v) is 9.39. The highest BCUT2D eigenvalue weighted by molar-refractivity contribution is 6.30. The Balaban J connectivity index is 1.67. The molecule has 3 nitrogen and oxygen atoms in total. The zero-order valence-electron chi connectivity index (χ0n) is 14.9. The number of ether oxygens (including phenoxy) is 1. The van der Waals surface area contributed by atoms with Crippen LogP contribution in [-0.4, -0.2) is 12.5 Å². The maximum atomic E-state index is 13.3. The number of carbonyl (C=O) groups is 1. The summed E-state index contributed by atoms with van der Waals surface area (Å²) in [4.78, 5) is 12.2. The molecule has 1 saturated carbocycles. The van der Waals surface area contributed by atoms with Crippen molar-refractivity contribution in [1.82, 2.24) is 0 Å². The summed E-state index contributed by atoms with van der Waals surface area (Å²) in [5, 5.41) is 3.38. The lowest BCUT2D eigenvalue weighted by Gasteiger charge is -2.24. The molecule has 0 saturated heterocycles. The average molecular weight is 376 g/mol. The number of aryl methyl sites for hydroxylation is 1. The molecule has 0 heterocycles. The number of benzene rings is 2. The van der Waals surface area contributed by atoms with Gasteiger partial charge in [0.1, 0.15) is 11.6 Å². The van der Waals surface area contributed by atoms with Crippen molar-refractivity contribution >= 4 is 23.2 Å². The molecule has 2 aromatic rings. The minimum Gasteiger partial charge on any atom is -0.483 e. The van der Waals surface area contributed by atoms with Gasteiger partial charge in [0, 0.05) is 10.7 Å². The predicted octanol–water partition coefficient (Wildman–Crippen LogP) is 5.85. The number of amides is 1. The zero-order chi connectivity index (χ0) is 18.5. The van der Waals surface area contributed by atoms with Gasteiger partial charge in [0.2, 0.25) is 0 Å². The maximum Gasteiger partial charge on any atom is 0.262 e. The van der Waals surface area contributed by atoms with Gasteiger partial charge in [-0.3, -0.25) is 4.79 Å². The van der Waals surface area contributed by atoms with Gasteiger partial charge in [0.05, 0.1) is 0 Å². The van der Waals surface area contributed by atoms with Crippen LogP contribution in [0.5, 0.6) is 5.75 Å². The molecule has 1 fully saturated rings. The summed E-state index contributed by atoms with van der Waals surface area (Å²) >= 11 is 6.17. The molecular formula is C21H23ClFNO2. The standard InChI is InChI=1S/C21H23ClFNO2/c1-14-7-9-17(23)12-19(14)24-21(25)13-26-20-10-8-16(22)11-18(20)15-5-3-2-4-6-15/h7-12,15H,2-6,13H2,1H3,(H,24,25). The van der Waals surface area contributed by atoms with Crippen LogP contribution in [0.25, 0.3) is 0 Å². The highest BCUT2D eigenvalue weighted by atomic mass is 35.5. The van der Waals surface area contributed by atoms with Crippen molar-refractivity contribution in [3.63, 3.8) is 0 Å². The summed E-state index contributed by atoms with van der Waals surface area (Å²) in [6.07, 6.45) is 5.91. The predicted molar refractivity (Wildman–Crippen MR) is 103 cm³/mol. The van der Waals surface area contributed by atoms with Crippen molar-refractivity contribution < 1.29 is 13.9 Å². The Morgan fingerprint density at radius 1 is 1.19 bits per heavy atom. The summed E-state index contributed by atoms with van der Waals surface area (Å²) in [6, 6.07) is 9.85. The van der Waals surface area contributed by atoms with Crippen LogP contribution < -0.4 is 10.1 Å². The van der Waals surface area contributed by atoms with Gasteiger partial charge < -0.3 is 10.1 Å². The minimum absolute atomic E-state index is 0.128. The number of nitrogens with one attached hydrogen (secondary N) is 1. The molecule has 5 heteroatoms. The second-order valence-corrected chi connectivity index (χ2v) is 7.25. The maximum absolute atomic E-state index is 13.3. The van der Waals surface area contributed by atoms with Crippen molar-refractivity contribution in [3.05, 3.63) is 58.4 Å². The smallest absolute Gasteiger partial charge is 0.262 e. The van der Waals surface area contributed by atoms with E-state index in [1.54, 1.807) is 12.1 Å². The normalized spacial score (nSPS) is 14.9. The molecule has 26 heavy (non-hydrogen) atoms. The molecule has 1 N–H and O–H groups in total. The van der Waals surface area contributed by atoms with Gasteiger partial charge in [-0.2, -0.15) is 0 Å². The van der Waals surface area contributed by atoms with Crippen LogP contribution in [0.1, 0.15) is 49.1 Å². The molecular weight excluding hydrogens is 353 g/mol. The second-order valence-electron chi connectivity index (χ2n) is 6.81. The molecule has 1 amide bonds. The SMILES string of the molecule is Cc1ccc(F)cc1NC(=O)COc1ccc(Cl)cc1C1CCCCC1. The van der Waals surface area contributed by atoms with E-state index in [0.717, 1.165) is 24.0 Å². The first-order chi connectivity index (χ1) is 12.5. The van der Waals surface area contributed by atoms with Gasteiger partial charge in [0.25, 0.3) is 5.91 Å². The van der Waals surface area contributed by atoms with Crippen molar-refractivity contribution in [2.24, 2.45) is 0 Å². The quantitative estimate of drug-likeness (QED) is 0.711. The summed E-state index contributed by atoms with van der Waals surface area (Å²) in [5.41, 5.74) is 2.34. The van der Waals surface area contributed by atoms with Crippen LogP contribution in [0.2, 0.25) is 5.02 Å². The second kappa shape index (κ2) is 8.54. The van der Waals surface area contributed by atoms with Gasteiger partial charge in [-0.05, 0) is 67.1 Å². The van der Waals surface area contributed by atoms with E-state index in [-0.39, 0.29) is 18.3 Å². The van der Waals surface area contributed by atoms with Crippen LogP contribution >= 0.6 is 11.6 Å². The Bertz CT molecular complexity index is 788. The lowest BCUT2D eigenvalue weighted by molar-refractivity contribution is -0.118. The van der Waals surface area contributed by atoms with Crippen molar-refractivity contribution in [1.29, 1.82) is 0 Å². The number of hydrogen-bond acceptors (Lipinski definition) is 2. The molecule has 138 valence electrons. The van der Waals surface area contributed by atoms with Crippen molar-refractivity contribution in [3.8, 4) is 5.75 Å². The Labute approximate surface area is 158 Å². The minimum atomic E-state index is -0.385. The summed E-state index contributed by atoms with van der Waals surface area (Å²) < 4.78 is 19.1. The van der Waals surface area contributed by atoms with E-state index < -0.39 is 0 Å². The van der Waals surface area contributed by atoms with Crippen LogP contribution in [0.4, 0.5) is 10.1 Å². The highest BCUT2D eigenvalue weighted by Gasteiger charge is 2.20. The Morgan fingerprint density at radius 3 is 2.73 bits per heavy atom. The number of hydrogen-bond donors (Lipinski definition) is 1. The van der Waals surface area contributed by atoms with E-state index in [4.69, 9.17) is 16.3 Å². The van der Waals surface area contributed by atoms with E-state index in [2.05, 4.69) is 5.32 Å². The fourth-order valence-corrected chi connectivity index (χ4v) is 3.62. The Hall–Kier alpha value is -2.07. The largest absolute Gasteiger partial charge is 0.483 e. The Kier molecular flexibility index (Phi) is 6.15. The van der Waals surface area contributed by atoms with E-state index >= 15 is 0 Å². The number of rotatable bonds is 5. The van der Waals surface area contributed by atoms with E-state index in [1.807, 2.05) is 19.1 Å². The molecule has 0 bridgehead atoms. The topological polar surface area (TPSA) is 38.3 Å². The average Bonchev–Trinajstić information content (AvgIpc) is 2.64. The molecule has 0 aliphatic heterocycles. The van der Waals surface area contributed by atoms with Gasteiger partial charge in [-0.15, -0.1) is 0 Å². The van der Waals surface area contributed by atoms with Gasteiger partial charge in [0.15, 0.2) is 6.61 Å². The van der Waals surface area contributed by atoms with Crippen LogP contribution in [0.3, 0.4) is 0 Å². The van der Waals surface area contributed by atoms with Crippen molar-refractivity contribution in [2.75, 3.05) is 11.9 Å². The molecule has 0 unspecified atom stereocenters. The van der Waals surface area contributed by atoms with Crippen molar-refractivity contribution in [2.45, 2.75) is 44.9 Å². The fourth-order valence-electron chi connectivity index (χ4n) is 3.44. The van der Waals surface area contributed by atoms with E-state index in [0.29, 0.717) is 22.4 Å².